The summed E-state index contributed by atoms with van der Waals surface area (Å²) in [6.07, 6.45) is 4.72. The highest BCUT2D eigenvalue weighted by molar-refractivity contribution is 5.88. The van der Waals surface area contributed by atoms with Gasteiger partial charge in [-0.2, -0.15) is 0 Å². The van der Waals surface area contributed by atoms with Gasteiger partial charge in [0.1, 0.15) is 6.33 Å². The van der Waals surface area contributed by atoms with E-state index < -0.39 is 4.92 Å². The molecule has 1 heterocycles. The molecule has 1 aromatic carbocycles. The van der Waals surface area contributed by atoms with Gasteiger partial charge in [0.05, 0.1) is 16.1 Å². The maximum absolute atomic E-state index is 11.0. The highest BCUT2D eigenvalue weighted by atomic mass is 16.6. The van der Waals surface area contributed by atoms with Crippen LogP contribution >= 0.6 is 0 Å². The van der Waals surface area contributed by atoms with Crippen molar-refractivity contribution in [1.29, 1.82) is 0 Å². The number of aromatic nitrogens is 2. The fourth-order valence-electron chi connectivity index (χ4n) is 1.53. The number of hydrogen-bond acceptors (Lipinski definition) is 5. The molecule has 0 atom stereocenters. The van der Waals surface area contributed by atoms with Gasteiger partial charge in [0.2, 0.25) is 0 Å². The topological polar surface area (TPSA) is 86.0 Å². The van der Waals surface area contributed by atoms with Crippen molar-refractivity contribution in [2.24, 2.45) is 0 Å². The van der Waals surface area contributed by atoms with Crippen LogP contribution in [0.3, 0.4) is 0 Å². The first-order chi connectivity index (χ1) is 8.24. The minimum atomic E-state index is -0.577. The van der Waals surface area contributed by atoms with E-state index in [2.05, 4.69) is 9.97 Å². The molecular formula is C11H7N3O3. The highest BCUT2D eigenvalue weighted by Crippen LogP contribution is 2.31. The average molecular weight is 229 g/mol. The van der Waals surface area contributed by atoms with Crippen molar-refractivity contribution in [3.63, 3.8) is 0 Å². The summed E-state index contributed by atoms with van der Waals surface area (Å²) in [6.45, 7) is 0. The second-order valence-electron chi connectivity index (χ2n) is 3.25. The number of para-hydroxylation sites is 1. The summed E-state index contributed by atoms with van der Waals surface area (Å²) >= 11 is 0. The Hall–Kier alpha value is -2.63. The van der Waals surface area contributed by atoms with Crippen molar-refractivity contribution in [3.8, 4) is 11.1 Å². The average Bonchev–Trinajstić information content (AvgIpc) is 2.38. The van der Waals surface area contributed by atoms with E-state index in [0.717, 1.165) is 0 Å². The molecule has 2 aromatic rings. The third kappa shape index (κ3) is 2.00. The molecule has 0 amide bonds. The van der Waals surface area contributed by atoms with Crippen molar-refractivity contribution in [3.05, 3.63) is 52.6 Å². The molecule has 0 N–H and O–H groups in total. The zero-order valence-electron chi connectivity index (χ0n) is 8.61. The van der Waals surface area contributed by atoms with Gasteiger partial charge in [0, 0.05) is 18.0 Å². The first kappa shape index (κ1) is 10.9. The Morgan fingerprint density at radius 2 is 1.94 bits per heavy atom. The first-order valence-electron chi connectivity index (χ1n) is 4.72. The molecule has 17 heavy (non-hydrogen) atoms. The van der Waals surface area contributed by atoms with Crippen molar-refractivity contribution < 1.29 is 9.72 Å². The molecule has 1 aromatic heterocycles. The predicted octanol–water partition coefficient (Wildman–Crippen LogP) is 1.86. The molecule has 0 saturated heterocycles. The molecule has 6 heteroatoms. The zero-order chi connectivity index (χ0) is 12.3. The van der Waals surface area contributed by atoms with Crippen LogP contribution in [0.15, 0.2) is 36.9 Å². The van der Waals surface area contributed by atoms with E-state index in [0.29, 0.717) is 17.4 Å². The lowest BCUT2D eigenvalue weighted by molar-refractivity contribution is -0.384. The van der Waals surface area contributed by atoms with Gasteiger partial charge in [0.25, 0.3) is 5.69 Å². The molecular weight excluding hydrogens is 222 g/mol. The van der Waals surface area contributed by atoms with Gasteiger partial charge < -0.3 is 0 Å². The second kappa shape index (κ2) is 4.48. The predicted molar refractivity (Wildman–Crippen MR) is 59.5 cm³/mol. The monoisotopic (exact) mass is 229 g/mol. The highest BCUT2D eigenvalue weighted by Gasteiger charge is 2.20. The smallest absolute Gasteiger partial charge is 0.287 e. The molecule has 0 saturated carbocycles. The molecule has 2 rings (SSSR count). The number of benzene rings is 1. The van der Waals surface area contributed by atoms with Gasteiger partial charge in [-0.1, -0.05) is 6.07 Å². The Kier molecular flexibility index (Phi) is 2.87. The number of nitro groups is 1. The lowest BCUT2D eigenvalue weighted by atomic mass is 10.0. The molecule has 0 spiro atoms. The molecule has 84 valence electrons. The fourth-order valence-corrected chi connectivity index (χ4v) is 1.53. The molecule has 0 fully saturated rings. The first-order valence-corrected chi connectivity index (χ1v) is 4.72. The molecule has 0 aliphatic carbocycles. The summed E-state index contributed by atoms with van der Waals surface area (Å²) in [5.74, 6) is 0. The number of aldehydes is 1. The summed E-state index contributed by atoms with van der Waals surface area (Å²) in [7, 11) is 0. The van der Waals surface area contributed by atoms with Gasteiger partial charge in [-0.15, -0.1) is 0 Å². The van der Waals surface area contributed by atoms with Gasteiger partial charge in [-0.3, -0.25) is 14.9 Å². The van der Waals surface area contributed by atoms with Crippen LogP contribution in [-0.4, -0.2) is 21.2 Å². The number of nitro benzene ring substituents is 1. The van der Waals surface area contributed by atoms with Crippen molar-refractivity contribution >= 4 is 12.0 Å². The second-order valence-corrected chi connectivity index (χ2v) is 3.25. The maximum Gasteiger partial charge on any atom is 0.287 e. The van der Waals surface area contributed by atoms with E-state index in [1.165, 1.54) is 24.8 Å². The minimum absolute atomic E-state index is 0.0383. The van der Waals surface area contributed by atoms with Crippen LogP contribution < -0.4 is 0 Å². The van der Waals surface area contributed by atoms with E-state index in [-0.39, 0.29) is 11.3 Å². The summed E-state index contributed by atoms with van der Waals surface area (Å²) in [5, 5.41) is 11.0. The minimum Gasteiger partial charge on any atom is -0.298 e. The van der Waals surface area contributed by atoms with Crippen LogP contribution in [-0.2, 0) is 0 Å². The zero-order valence-corrected chi connectivity index (χ0v) is 8.61. The van der Waals surface area contributed by atoms with E-state index in [1.807, 2.05) is 0 Å². The van der Waals surface area contributed by atoms with Gasteiger partial charge >= 0.3 is 0 Å². The van der Waals surface area contributed by atoms with Gasteiger partial charge in [0.15, 0.2) is 6.29 Å². The number of carbonyl (C=O) groups excluding carboxylic acids is 1. The standard InChI is InChI=1S/C11H7N3O3/c15-6-8-2-1-3-10(11(8)14(16)17)9-4-12-7-13-5-9/h1-7H. The summed E-state index contributed by atoms with van der Waals surface area (Å²) < 4.78 is 0. The molecule has 0 aliphatic rings. The summed E-state index contributed by atoms with van der Waals surface area (Å²) in [6, 6.07) is 4.54. The summed E-state index contributed by atoms with van der Waals surface area (Å²) in [4.78, 5) is 28.8. The van der Waals surface area contributed by atoms with Crippen LogP contribution in [0.4, 0.5) is 5.69 Å². The Balaban J connectivity index is 2.70. The van der Waals surface area contributed by atoms with Gasteiger partial charge in [-0.05, 0) is 12.1 Å². The Morgan fingerprint density at radius 1 is 1.24 bits per heavy atom. The number of hydrogen-bond donors (Lipinski definition) is 0. The number of rotatable bonds is 3. The Labute approximate surface area is 96.1 Å². The van der Waals surface area contributed by atoms with Crippen LogP contribution in [0.5, 0.6) is 0 Å². The number of carbonyl (C=O) groups is 1. The SMILES string of the molecule is O=Cc1cccc(-c2cncnc2)c1[N+](=O)[O-]. The normalized spacial score (nSPS) is 9.88. The third-order valence-corrected chi connectivity index (χ3v) is 2.25. The van der Waals surface area contributed by atoms with E-state index in [1.54, 1.807) is 12.1 Å². The van der Waals surface area contributed by atoms with Crippen LogP contribution in [0.25, 0.3) is 11.1 Å². The third-order valence-electron chi connectivity index (χ3n) is 2.25. The van der Waals surface area contributed by atoms with Crippen molar-refractivity contribution in [2.45, 2.75) is 0 Å². The Bertz CT molecular complexity index is 569. The van der Waals surface area contributed by atoms with Gasteiger partial charge in [-0.25, -0.2) is 9.97 Å². The van der Waals surface area contributed by atoms with E-state index in [9.17, 15) is 14.9 Å². The van der Waals surface area contributed by atoms with E-state index >= 15 is 0 Å². The van der Waals surface area contributed by atoms with Crippen LogP contribution in [0, 0.1) is 10.1 Å². The largest absolute Gasteiger partial charge is 0.298 e. The van der Waals surface area contributed by atoms with E-state index in [4.69, 9.17) is 0 Å². The Morgan fingerprint density at radius 3 is 2.53 bits per heavy atom. The molecule has 0 unspecified atom stereocenters. The molecule has 0 aliphatic heterocycles. The quantitative estimate of drug-likeness (QED) is 0.455. The van der Waals surface area contributed by atoms with Crippen LogP contribution in [0.2, 0.25) is 0 Å². The number of nitrogens with zero attached hydrogens (tertiary/aromatic N) is 3. The maximum atomic E-state index is 11.0. The summed E-state index contributed by atoms with van der Waals surface area (Å²) in [5.41, 5.74) is 0.650. The fraction of sp³-hybridized carbons (Fsp3) is 0. The van der Waals surface area contributed by atoms with Crippen molar-refractivity contribution in [1.82, 2.24) is 9.97 Å². The van der Waals surface area contributed by atoms with Crippen LogP contribution in [0.1, 0.15) is 10.4 Å². The molecule has 6 nitrogen and oxygen atoms in total. The van der Waals surface area contributed by atoms with Crippen molar-refractivity contribution in [2.75, 3.05) is 0 Å². The lowest BCUT2D eigenvalue weighted by Gasteiger charge is -2.03. The molecule has 0 radical (unpaired) electrons. The molecule has 0 bridgehead atoms. The lowest BCUT2D eigenvalue weighted by Crippen LogP contribution is -1.97.